The third kappa shape index (κ3) is 2.40. The van der Waals surface area contributed by atoms with Gasteiger partial charge in [0.15, 0.2) is 0 Å². The summed E-state index contributed by atoms with van der Waals surface area (Å²) < 4.78 is 26.6. The van der Waals surface area contributed by atoms with Crippen LogP contribution in [-0.2, 0) is 0 Å². The van der Waals surface area contributed by atoms with Gasteiger partial charge in [-0.2, -0.15) is 0 Å². The molecular formula is C13H17F2N. The molecule has 0 aliphatic heterocycles. The molecule has 1 fully saturated rings. The first-order chi connectivity index (χ1) is 7.61. The first-order valence-electron chi connectivity index (χ1n) is 5.82. The molecule has 1 N–H and O–H groups in total. The molecule has 2 rings (SSSR count). The van der Waals surface area contributed by atoms with Gasteiger partial charge in [0.1, 0.15) is 11.6 Å². The molecule has 0 amide bonds. The van der Waals surface area contributed by atoms with Crippen LogP contribution in [0.1, 0.15) is 38.3 Å². The number of rotatable bonds is 4. The van der Waals surface area contributed by atoms with E-state index in [9.17, 15) is 8.78 Å². The monoisotopic (exact) mass is 225 g/mol. The highest BCUT2D eigenvalue weighted by atomic mass is 19.1. The van der Waals surface area contributed by atoms with Gasteiger partial charge in [0.05, 0.1) is 0 Å². The van der Waals surface area contributed by atoms with Crippen molar-refractivity contribution in [2.75, 3.05) is 0 Å². The van der Waals surface area contributed by atoms with Crippen LogP contribution in [0.5, 0.6) is 0 Å². The molecular weight excluding hydrogens is 208 g/mol. The minimum Gasteiger partial charge on any atom is -0.307 e. The Labute approximate surface area is 94.9 Å². The first kappa shape index (κ1) is 11.5. The van der Waals surface area contributed by atoms with Gasteiger partial charge >= 0.3 is 0 Å². The largest absolute Gasteiger partial charge is 0.307 e. The first-order valence-corrected chi connectivity index (χ1v) is 5.82. The van der Waals surface area contributed by atoms with E-state index in [4.69, 9.17) is 0 Å². The molecule has 88 valence electrons. The average molecular weight is 225 g/mol. The molecule has 3 atom stereocenters. The van der Waals surface area contributed by atoms with Crippen LogP contribution < -0.4 is 5.32 Å². The van der Waals surface area contributed by atoms with Crippen molar-refractivity contribution in [3.05, 3.63) is 35.4 Å². The molecule has 0 heterocycles. The van der Waals surface area contributed by atoms with Gasteiger partial charge in [-0.15, -0.1) is 0 Å². The summed E-state index contributed by atoms with van der Waals surface area (Å²) in [7, 11) is 0. The van der Waals surface area contributed by atoms with Crippen molar-refractivity contribution in [1.82, 2.24) is 5.32 Å². The summed E-state index contributed by atoms with van der Waals surface area (Å²) in [6, 6.07) is 4.04. The zero-order valence-corrected chi connectivity index (χ0v) is 9.63. The Morgan fingerprint density at radius 3 is 2.69 bits per heavy atom. The van der Waals surface area contributed by atoms with E-state index < -0.39 is 0 Å². The molecule has 1 aromatic carbocycles. The fourth-order valence-electron chi connectivity index (χ4n) is 2.02. The molecule has 0 radical (unpaired) electrons. The summed E-state index contributed by atoms with van der Waals surface area (Å²) in [6.45, 7) is 4.14. The number of hydrogen-bond donors (Lipinski definition) is 1. The van der Waals surface area contributed by atoms with E-state index in [0.717, 1.165) is 18.9 Å². The maximum atomic E-state index is 13.6. The van der Waals surface area contributed by atoms with Gasteiger partial charge in [0, 0.05) is 17.6 Å². The topological polar surface area (TPSA) is 12.0 Å². The predicted molar refractivity (Wildman–Crippen MR) is 60.1 cm³/mol. The normalized spacial score (nSPS) is 25.5. The Hall–Kier alpha value is -0.960. The lowest BCUT2D eigenvalue weighted by atomic mass is 10.0. The molecule has 1 nitrogen and oxygen atoms in total. The van der Waals surface area contributed by atoms with Crippen molar-refractivity contribution in [3.63, 3.8) is 0 Å². The smallest absolute Gasteiger partial charge is 0.128 e. The highest BCUT2D eigenvalue weighted by Gasteiger charge is 2.34. The Bertz CT molecular complexity index is 378. The molecule has 1 aliphatic carbocycles. The molecule has 0 spiro atoms. The number of halogens is 2. The summed E-state index contributed by atoms with van der Waals surface area (Å²) in [5.41, 5.74) is 0.446. The summed E-state index contributed by atoms with van der Waals surface area (Å²) in [4.78, 5) is 0. The second-order valence-corrected chi connectivity index (χ2v) is 4.61. The Balaban J connectivity index is 2.15. The van der Waals surface area contributed by atoms with Gasteiger partial charge in [-0.25, -0.2) is 8.78 Å². The maximum Gasteiger partial charge on any atom is 0.128 e. The van der Waals surface area contributed by atoms with Crippen LogP contribution in [0.2, 0.25) is 0 Å². The molecule has 1 aliphatic rings. The number of benzene rings is 1. The minimum absolute atomic E-state index is 0.0781. The van der Waals surface area contributed by atoms with Crippen molar-refractivity contribution in [1.29, 1.82) is 0 Å². The van der Waals surface area contributed by atoms with Crippen molar-refractivity contribution >= 4 is 0 Å². The minimum atomic E-state index is -0.375. The molecule has 1 aromatic rings. The standard InChI is InChI=1S/C13H17F2N/c1-3-12(16-13-6-8(13)2)10-7-9(14)4-5-11(10)15/h4-5,7-8,12-13,16H,3,6H2,1-2H3. The second-order valence-electron chi connectivity index (χ2n) is 4.61. The van der Waals surface area contributed by atoms with E-state index in [1.54, 1.807) is 0 Å². The molecule has 16 heavy (non-hydrogen) atoms. The lowest BCUT2D eigenvalue weighted by Crippen LogP contribution is -2.25. The Morgan fingerprint density at radius 1 is 1.44 bits per heavy atom. The van der Waals surface area contributed by atoms with Crippen LogP contribution in [0.25, 0.3) is 0 Å². The second kappa shape index (κ2) is 4.50. The Morgan fingerprint density at radius 2 is 2.12 bits per heavy atom. The van der Waals surface area contributed by atoms with Gasteiger partial charge in [0.2, 0.25) is 0 Å². The lowest BCUT2D eigenvalue weighted by Gasteiger charge is -2.18. The van der Waals surface area contributed by atoms with E-state index in [2.05, 4.69) is 12.2 Å². The van der Waals surface area contributed by atoms with E-state index >= 15 is 0 Å². The highest BCUT2D eigenvalue weighted by Crippen LogP contribution is 2.33. The fraction of sp³-hybridized carbons (Fsp3) is 0.538. The van der Waals surface area contributed by atoms with Crippen molar-refractivity contribution < 1.29 is 8.78 Å². The molecule has 0 saturated heterocycles. The molecule has 3 heteroatoms. The fourth-order valence-corrected chi connectivity index (χ4v) is 2.02. The summed E-state index contributed by atoms with van der Waals surface area (Å²) in [6.07, 6.45) is 1.90. The van der Waals surface area contributed by atoms with Crippen LogP contribution in [0.15, 0.2) is 18.2 Å². The third-order valence-corrected chi connectivity index (χ3v) is 3.27. The van der Waals surface area contributed by atoms with Gasteiger partial charge < -0.3 is 5.32 Å². The van der Waals surface area contributed by atoms with E-state index in [1.807, 2.05) is 6.92 Å². The quantitative estimate of drug-likeness (QED) is 0.828. The summed E-state index contributed by atoms with van der Waals surface area (Å²) >= 11 is 0. The number of nitrogens with one attached hydrogen (secondary N) is 1. The van der Waals surface area contributed by atoms with Crippen LogP contribution in [0.3, 0.4) is 0 Å². The van der Waals surface area contributed by atoms with Crippen molar-refractivity contribution in [3.8, 4) is 0 Å². The molecule has 0 aromatic heterocycles. The van der Waals surface area contributed by atoms with Gasteiger partial charge in [-0.05, 0) is 37.0 Å². The zero-order chi connectivity index (χ0) is 11.7. The van der Waals surface area contributed by atoms with Crippen LogP contribution in [-0.4, -0.2) is 6.04 Å². The van der Waals surface area contributed by atoms with Crippen LogP contribution >= 0.6 is 0 Å². The third-order valence-electron chi connectivity index (χ3n) is 3.27. The average Bonchev–Trinajstić information content (AvgIpc) is 2.95. The van der Waals surface area contributed by atoms with Crippen LogP contribution in [0, 0.1) is 17.6 Å². The van der Waals surface area contributed by atoms with Crippen molar-refractivity contribution in [2.45, 2.75) is 38.8 Å². The molecule has 1 saturated carbocycles. The SMILES string of the molecule is CCC(NC1CC1C)c1cc(F)ccc1F. The van der Waals surface area contributed by atoms with Gasteiger partial charge in [-0.3, -0.25) is 0 Å². The highest BCUT2D eigenvalue weighted by molar-refractivity contribution is 5.22. The van der Waals surface area contributed by atoms with E-state index in [-0.39, 0.29) is 17.7 Å². The number of hydrogen-bond acceptors (Lipinski definition) is 1. The lowest BCUT2D eigenvalue weighted by molar-refractivity contribution is 0.471. The maximum absolute atomic E-state index is 13.6. The predicted octanol–water partition coefficient (Wildman–Crippen LogP) is 3.41. The van der Waals surface area contributed by atoms with Gasteiger partial charge in [-0.1, -0.05) is 13.8 Å². The van der Waals surface area contributed by atoms with Crippen molar-refractivity contribution in [2.24, 2.45) is 5.92 Å². The Kier molecular flexibility index (Phi) is 3.24. The van der Waals surface area contributed by atoms with E-state index in [0.29, 0.717) is 17.5 Å². The summed E-state index contributed by atoms with van der Waals surface area (Å²) in [5.74, 6) is -0.0415. The van der Waals surface area contributed by atoms with Gasteiger partial charge in [0.25, 0.3) is 0 Å². The molecule has 0 bridgehead atoms. The zero-order valence-electron chi connectivity index (χ0n) is 9.63. The van der Waals surface area contributed by atoms with Crippen LogP contribution in [0.4, 0.5) is 8.78 Å². The molecule has 3 unspecified atom stereocenters. The van der Waals surface area contributed by atoms with E-state index in [1.165, 1.54) is 12.1 Å². The summed E-state index contributed by atoms with van der Waals surface area (Å²) in [5, 5.41) is 3.37.